The van der Waals surface area contributed by atoms with E-state index in [1.54, 1.807) is 0 Å². The van der Waals surface area contributed by atoms with Crippen LogP contribution in [-0.2, 0) is 14.3 Å². The van der Waals surface area contributed by atoms with E-state index in [1.165, 1.54) is 0 Å². The summed E-state index contributed by atoms with van der Waals surface area (Å²) >= 11 is 0. The van der Waals surface area contributed by atoms with Crippen LogP contribution in [0.2, 0.25) is 0 Å². The van der Waals surface area contributed by atoms with Crippen molar-refractivity contribution in [1.82, 2.24) is 0 Å². The molecule has 0 bridgehead atoms. The maximum atomic E-state index is 12.5. The number of carbonyl (C=O) groups is 2. The Hall–Kier alpha value is -2.86. The predicted octanol–water partition coefficient (Wildman–Crippen LogP) is 5.08. The third-order valence-corrected chi connectivity index (χ3v) is 4.27. The third kappa shape index (κ3) is 8.79. The van der Waals surface area contributed by atoms with Crippen molar-refractivity contribution < 1.29 is 24.2 Å². The Morgan fingerprint density at radius 3 is 2.21 bits per heavy atom. The third-order valence-electron chi connectivity index (χ3n) is 4.27. The zero-order chi connectivity index (χ0) is 21.9. The first-order valence-electron chi connectivity index (χ1n) is 9.75. The minimum atomic E-state index is -0.891. The predicted molar refractivity (Wildman–Crippen MR) is 113 cm³/mol. The maximum Gasteiger partial charge on any atom is 0.314 e. The largest absolute Gasteiger partial charge is 0.481 e. The van der Waals surface area contributed by atoms with Crippen LogP contribution in [0.1, 0.15) is 58.4 Å². The van der Waals surface area contributed by atoms with Gasteiger partial charge in [-0.05, 0) is 43.2 Å². The number of carboxylic acid groups (broad SMARTS) is 1. The molecule has 0 aliphatic rings. The molecule has 2 aromatic rings. The molecule has 2 aromatic carbocycles. The number of carbonyl (C=O) groups excluding carboxylic acids is 1. The fourth-order valence-corrected chi connectivity index (χ4v) is 2.62. The number of nitrogens with two attached hydrogens (primary N) is 1. The summed E-state index contributed by atoms with van der Waals surface area (Å²) in [6, 6.07) is 17.0. The second-order valence-corrected chi connectivity index (χ2v) is 6.82. The lowest BCUT2D eigenvalue weighted by molar-refractivity contribution is -0.162. The van der Waals surface area contributed by atoms with E-state index in [9.17, 15) is 4.79 Å². The Morgan fingerprint density at radius 1 is 1.07 bits per heavy atom. The molecule has 0 aliphatic heterocycles. The Kier molecular flexibility index (Phi) is 9.89. The van der Waals surface area contributed by atoms with Gasteiger partial charge in [0.15, 0.2) is 5.72 Å². The van der Waals surface area contributed by atoms with Gasteiger partial charge in [-0.25, -0.2) is 0 Å². The summed E-state index contributed by atoms with van der Waals surface area (Å²) < 4.78 is 11.4. The smallest absolute Gasteiger partial charge is 0.314 e. The summed E-state index contributed by atoms with van der Waals surface area (Å²) in [6.07, 6.45) is 2.11. The average Bonchev–Trinajstić information content (AvgIpc) is 2.68. The van der Waals surface area contributed by atoms with Crippen molar-refractivity contribution in [1.29, 1.82) is 0 Å². The number of benzene rings is 2. The van der Waals surface area contributed by atoms with Gasteiger partial charge in [-0.1, -0.05) is 50.6 Å². The summed E-state index contributed by atoms with van der Waals surface area (Å²) in [5, 5.41) is 7.42. The van der Waals surface area contributed by atoms with Gasteiger partial charge in [0, 0.05) is 13.3 Å². The number of rotatable bonds is 8. The first-order valence-corrected chi connectivity index (χ1v) is 9.75. The number of esters is 1. The normalized spacial score (nSPS) is 13.3. The monoisotopic (exact) mass is 401 g/mol. The molecule has 0 heterocycles. The molecule has 0 fully saturated rings. The first kappa shape index (κ1) is 24.2. The molecule has 2 unspecified atom stereocenters. The molecular weight excluding hydrogens is 370 g/mol. The molecule has 2 atom stereocenters. The number of hydrogen-bond donors (Lipinski definition) is 2. The fourth-order valence-electron chi connectivity index (χ4n) is 2.62. The highest BCUT2D eigenvalue weighted by molar-refractivity contribution is 5.78. The maximum absolute atomic E-state index is 12.5. The second-order valence-electron chi connectivity index (χ2n) is 6.82. The van der Waals surface area contributed by atoms with Crippen molar-refractivity contribution in [2.75, 3.05) is 0 Å². The Labute approximate surface area is 172 Å². The molecule has 0 aliphatic carbocycles. The lowest BCUT2D eigenvalue weighted by atomic mass is 10.00. The Morgan fingerprint density at radius 2 is 1.66 bits per heavy atom. The number of ether oxygens (including phenoxy) is 2. The topological polar surface area (TPSA) is 98.9 Å². The van der Waals surface area contributed by atoms with Crippen LogP contribution in [0.15, 0.2) is 54.6 Å². The van der Waals surface area contributed by atoms with E-state index in [-0.39, 0.29) is 5.97 Å². The van der Waals surface area contributed by atoms with Gasteiger partial charge in [-0.2, -0.15) is 0 Å². The molecule has 0 saturated carbocycles. The molecule has 0 saturated heterocycles. The van der Waals surface area contributed by atoms with Gasteiger partial charge in [-0.3, -0.25) is 15.3 Å². The van der Waals surface area contributed by atoms with Crippen LogP contribution in [0.5, 0.6) is 11.5 Å². The van der Waals surface area contributed by atoms with E-state index in [0.29, 0.717) is 18.6 Å². The average molecular weight is 402 g/mol. The number of hydrogen-bond acceptors (Lipinski definition) is 5. The molecule has 3 N–H and O–H groups in total. The van der Waals surface area contributed by atoms with Crippen molar-refractivity contribution in [2.45, 2.75) is 58.6 Å². The molecule has 158 valence electrons. The highest BCUT2D eigenvalue weighted by Crippen LogP contribution is 2.27. The van der Waals surface area contributed by atoms with Crippen molar-refractivity contribution in [3.63, 3.8) is 0 Å². The zero-order valence-electron chi connectivity index (χ0n) is 17.6. The molecule has 29 heavy (non-hydrogen) atoms. The van der Waals surface area contributed by atoms with Crippen LogP contribution >= 0.6 is 0 Å². The minimum Gasteiger partial charge on any atom is -0.481 e. The van der Waals surface area contributed by atoms with Crippen LogP contribution in [0.25, 0.3) is 0 Å². The van der Waals surface area contributed by atoms with E-state index >= 15 is 0 Å². The van der Waals surface area contributed by atoms with E-state index < -0.39 is 17.6 Å². The van der Waals surface area contributed by atoms with Gasteiger partial charge in [0.1, 0.15) is 11.5 Å². The molecule has 0 radical (unpaired) electrons. The van der Waals surface area contributed by atoms with Crippen molar-refractivity contribution in [2.24, 2.45) is 5.73 Å². The van der Waals surface area contributed by atoms with Gasteiger partial charge in [0.05, 0.1) is 5.92 Å². The van der Waals surface area contributed by atoms with Gasteiger partial charge in [0.2, 0.25) is 0 Å². The minimum absolute atomic E-state index is 0.310. The van der Waals surface area contributed by atoms with Crippen molar-refractivity contribution >= 4 is 11.9 Å². The first-order chi connectivity index (χ1) is 13.7. The van der Waals surface area contributed by atoms with E-state index in [0.717, 1.165) is 24.7 Å². The van der Waals surface area contributed by atoms with Gasteiger partial charge in [-0.15, -0.1) is 0 Å². The van der Waals surface area contributed by atoms with Gasteiger partial charge < -0.3 is 14.6 Å². The molecule has 0 amide bonds. The molecule has 6 nitrogen and oxygen atoms in total. The zero-order valence-corrected chi connectivity index (χ0v) is 17.6. The van der Waals surface area contributed by atoms with Crippen LogP contribution < -0.4 is 10.5 Å². The standard InChI is InChI=1S/C21H27NO3.C2H4O2/c1-4-14-21(22,5-2)25-20(23)16(3)17-10-9-13-19(15-17)24-18-11-7-6-8-12-18;1-2(3)4/h6-13,15-16H,4-5,14,22H2,1-3H3;1H3,(H,3,4). The molecular formula is C23H31NO5. The number of aliphatic carboxylic acids is 1. The summed E-state index contributed by atoms with van der Waals surface area (Å²) in [7, 11) is 0. The van der Waals surface area contributed by atoms with E-state index in [2.05, 4.69) is 0 Å². The van der Waals surface area contributed by atoms with Crippen molar-refractivity contribution in [3.05, 3.63) is 60.2 Å². The molecule has 2 rings (SSSR count). The van der Waals surface area contributed by atoms with E-state index in [1.807, 2.05) is 75.4 Å². The lowest BCUT2D eigenvalue weighted by Gasteiger charge is -2.29. The SMILES string of the molecule is CC(=O)O.CCCC(N)(CC)OC(=O)C(C)c1cccc(Oc2ccccc2)c1. The van der Waals surface area contributed by atoms with Gasteiger partial charge in [0.25, 0.3) is 5.97 Å². The van der Waals surface area contributed by atoms with Crippen molar-refractivity contribution in [3.8, 4) is 11.5 Å². The Balaban J connectivity index is 0.000000960. The van der Waals surface area contributed by atoms with Crippen LogP contribution in [0.3, 0.4) is 0 Å². The summed E-state index contributed by atoms with van der Waals surface area (Å²) in [5.74, 6) is -0.114. The number of para-hydroxylation sites is 1. The quantitative estimate of drug-likeness (QED) is 0.473. The lowest BCUT2D eigenvalue weighted by Crippen LogP contribution is -2.44. The summed E-state index contributed by atoms with van der Waals surface area (Å²) in [4.78, 5) is 21.5. The van der Waals surface area contributed by atoms with Crippen LogP contribution in [0, 0.1) is 0 Å². The van der Waals surface area contributed by atoms with Gasteiger partial charge >= 0.3 is 5.97 Å². The molecule has 0 spiro atoms. The fraction of sp³-hybridized carbons (Fsp3) is 0.391. The summed E-state index contributed by atoms with van der Waals surface area (Å²) in [6.45, 7) is 6.87. The van der Waals surface area contributed by atoms with Crippen LogP contribution in [-0.4, -0.2) is 22.8 Å². The van der Waals surface area contributed by atoms with E-state index in [4.69, 9.17) is 25.1 Å². The number of carboxylic acids is 1. The highest BCUT2D eigenvalue weighted by atomic mass is 16.6. The summed E-state index contributed by atoms with van der Waals surface area (Å²) in [5.41, 5.74) is 6.14. The Bertz CT molecular complexity index is 774. The second kappa shape index (κ2) is 11.9. The highest BCUT2D eigenvalue weighted by Gasteiger charge is 2.29. The molecule has 0 aromatic heterocycles. The molecule has 6 heteroatoms. The van der Waals surface area contributed by atoms with Crippen LogP contribution in [0.4, 0.5) is 0 Å².